The van der Waals surface area contributed by atoms with Crippen molar-refractivity contribution in [3.63, 3.8) is 0 Å². The quantitative estimate of drug-likeness (QED) is 0.687. The second-order valence-corrected chi connectivity index (χ2v) is 5.08. The van der Waals surface area contributed by atoms with Gasteiger partial charge in [0.1, 0.15) is 0 Å². The molecule has 1 rings (SSSR count). The molecular weight excluding hydrogens is 277 g/mol. The van der Waals surface area contributed by atoms with Crippen LogP contribution >= 0.6 is 0 Å². The smallest absolute Gasteiger partial charge is 0.401 e. The minimum absolute atomic E-state index is 0.206. The highest BCUT2D eigenvalue weighted by Gasteiger charge is 2.27. The number of alkyl halides is 3. The van der Waals surface area contributed by atoms with E-state index in [2.05, 4.69) is 5.32 Å². The Morgan fingerprint density at radius 2 is 1.75 bits per heavy atom. The molecule has 8 heteroatoms. The molecule has 1 amide bonds. The molecule has 0 aromatic rings. The number of carboxylic acids is 1. The highest BCUT2D eigenvalue weighted by molar-refractivity contribution is 5.78. The predicted octanol–water partition coefficient (Wildman–Crippen LogP) is 1.15. The monoisotopic (exact) mass is 296 g/mol. The van der Waals surface area contributed by atoms with E-state index in [1.165, 1.54) is 0 Å². The molecule has 1 aliphatic rings. The van der Waals surface area contributed by atoms with Crippen molar-refractivity contribution in [1.29, 1.82) is 0 Å². The molecule has 5 nitrogen and oxygen atoms in total. The largest absolute Gasteiger partial charge is 0.481 e. The van der Waals surface area contributed by atoms with Crippen molar-refractivity contribution in [1.82, 2.24) is 10.6 Å². The normalized spacial score (nSPS) is 23.4. The fraction of sp³-hybridized carbons (Fsp3) is 0.833. The zero-order valence-corrected chi connectivity index (χ0v) is 11.0. The minimum atomic E-state index is -4.32. The number of nitrogens with one attached hydrogen (secondary N) is 2. The van der Waals surface area contributed by atoms with Crippen molar-refractivity contribution >= 4 is 11.9 Å². The zero-order valence-electron chi connectivity index (χ0n) is 11.0. The first-order valence-corrected chi connectivity index (χ1v) is 6.55. The molecule has 0 unspecified atom stereocenters. The van der Waals surface area contributed by atoms with Crippen LogP contribution in [0.5, 0.6) is 0 Å². The number of carboxylic acid groups (broad SMARTS) is 1. The lowest BCUT2D eigenvalue weighted by Crippen LogP contribution is -2.40. The maximum absolute atomic E-state index is 11.8. The molecule has 0 saturated heterocycles. The summed E-state index contributed by atoms with van der Waals surface area (Å²) in [6.45, 7) is -1.17. The van der Waals surface area contributed by atoms with E-state index in [1.54, 1.807) is 0 Å². The van der Waals surface area contributed by atoms with E-state index in [0.717, 1.165) is 0 Å². The van der Waals surface area contributed by atoms with Gasteiger partial charge in [0.25, 0.3) is 0 Å². The number of carbonyl (C=O) groups is 2. The molecule has 1 aliphatic carbocycles. The summed E-state index contributed by atoms with van der Waals surface area (Å²) in [5.41, 5.74) is 0. The first-order valence-electron chi connectivity index (χ1n) is 6.55. The maximum atomic E-state index is 11.8. The number of hydrogen-bond acceptors (Lipinski definition) is 3. The molecule has 1 fully saturated rings. The Kier molecular flexibility index (Phi) is 6.25. The summed E-state index contributed by atoms with van der Waals surface area (Å²) in [6, 6.07) is 0. The molecule has 0 spiro atoms. The Morgan fingerprint density at radius 3 is 2.25 bits per heavy atom. The van der Waals surface area contributed by atoms with Crippen LogP contribution in [0.1, 0.15) is 25.7 Å². The third-order valence-electron chi connectivity index (χ3n) is 3.39. The number of hydrogen-bond donors (Lipinski definition) is 3. The van der Waals surface area contributed by atoms with Crippen molar-refractivity contribution < 1.29 is 27.9 Å². The predicted molar refractivity (Wildman–Crippen MR) is 65.0 cm³/mol. The summed E-state index contributed by atoms with van der Waals surface area (Å²) >= 11 is 0. The van der Waals surface area contributed by atoms with Gasteiger partial charge < -0.3 is 15.7 Å². The van der Waals surface area contributed by atoms with Gasteiger partial charge in [-0.05, 0) is 31.6 Å². The molecule has 20 heavy (non-hydrogen) atoms. The Hall–Kier alpha value is -1.31. The van der Waals surface area contributed by atoms with E-state index in [0.29, 0.717) is 32.2 Å². The molecule has 1 saturated carbocycles. The zero-order chi connectivity index (χ0) is 15.2. The van der Waals surface area contributed by atoms with Gasteiger partial charge >= 0.3 is 12.1 Å². The molecule has 0 aliphatic heterocycles. The van der Waals surface area contributed by atoms with Crippen LogP contribution in [0.15, 0.2) is 0 Å². The highest BCUT2D eigenvalue weighted by atomic mass is 19.4. The van der Waals surface area contributed by atoms with Crippen LogP contribution in [-0.2, 0) is 9.59 Å². The van der Waals surface area contributed by atoms with Crippen LogP contribution in [0.3, 0.4) is 0 Å². The lowest BCUT2D eigenvalue weighted by Gasteiger charge is -2.26. The van der Waals surface area contributed by atoms with Crippen molar-refractivity contribution in [3.05, 3.63) is 0 Å². The van der Waals surface area contributed by atoms with Crippen LogP contribution < -0.4 is 10.6 Å². The van der Waals surface area contributed by atoms with Gasteiger partial charge in [0.2, 0.25) is 5.91 Å². The molecule has 0 heterocycles. The van der Waals surface area contributed by atoms with Crippen molar-refractivity contribution in [3.8, 4) is 0 Å². The minimum Gasteiger partial charge on any atom is -0.481 e. The number of halogens is 3. The summed E-state index contributed by atoms with van der Waals surface area (Å²) in [5, 5.41) is 13.4. The summed E-state index contributed by atoms with van der Waals surface area (Å²) < 4.78 is 35.5. The van der Waals surface area contributed by atoms with E-state index in [1.807, 2.05) is 5.32 Å². The van der Waals surface area contributed by atoms with E-state index in [9.17, 15) is 22.8 Å². The second-order valence-electron chi connectivity index (χ2n) is 5.08. The number of amides is 1. The van der Waals surface area contributed by atoms with E-state index in [-0.39, 0.29) is 18.4 Å². The fourth-order valence-electron chi connectivity index (χ4n) is 2.25. The standard InChI is InChI=1S/C12H19F3N2O3/c13-12(14,15)7-16-6-10(18)17-5-8-1-3-9(4-2-8)11(19)20/h8-9,16H,1-7H2,(H,17,18)(H,19,20). The second kappa shape index (κ2) is 7.47. The molecule has 0 aromatic heterocycles. The molecule has 3 N–H and O–H groups in total. The molecule has 0 aromatic carbocycles. The summed E-state index contributed by atoms with van der Waals surface area (Å²) in [5.74, 6) is -1.37. The first kappa shape index (κ1) is 16.7. The topological polar surface area (TPSA) is 78.4 Å². The van der Waals surface area contributed by atoms with Crippen LogP contribution in [0.4, 0.5) is 13.2 Å². The van der Waals surface area contributed by atoms with Gasteiger partial charge in [-0.3, -0.25) is 9.59 Å². The average molecular weight is 296 g/mol. The third kappa shape index (κ3) is 6.74. The SMILES string of the molecule is O=C(CNCC(F)(F)F)NCC1CCC(C(=O)O)CC1. The van der Waals surface area contributed by atoms with E-state index >= 15 is 0 Å². The molecule has 0 atom stereocenters. The van der Waals surface area contributed by atoms with Crippen molar-refractivity contribution in [2.45, 2.75) is 31.9 Å². The van der Waals surface area contributed by atoms with E-state index < -0.39 is 24.6 Å². The fourth-order valence-corrected chi connectivity index (χ4v) is 2.25. The van der Waals surface area contributed by atoms with Crippen LogP contribution in [0, 0.1) is 11.8 Å². The third-order valence-corrected chi connectivity index (χ3v) is 3.39. The Morgan fingerprint density at radius 1 is 1.15 bits per heavy atom. The highest BCUT2D eigenvalue weighted by Crippen LogP contribution is 2.28. The van der Waals surface area contributed by atoms with Crippen molar-refractivity contribution in [2.75, 3.05) is 19.6 Å². The van der Waals surface area contributed by atoms with E-state index in [4.69, 9.17) is 5.11 Å². The molecule has 0 radical (unpaired) electrons. The average Bonchev–Trinajstić information content (AvgIpc) is 2.35. The first-order chi connectivity index (χ1) is 9.28. The summed E-state index contributed by atoms with van der Waals surface area (Å²) in [4.78, 5) is 22.1. The lowest BCUT2D eigenvalue weighted by atomic mass is 9.82. The van der Waals surface area contributed by atoms with Crippen LogP contribution in [-0.4, -0.2) is 42.8 Å². The lowest BCUT2D eigenvalue weighted by molar-refractivity contribution is -0.143. The van der Waals surface area contributed by atoms with Gasteiger partial charge in [-0.15, -0.1) is 0 Å². The van der Waals surface area contributed by atoms with Gasteiger partial charge in [-0.1, -0.05) is 0 Å². The van der Waals surface area contributed by atoms with Gasteiger partial charge in [0.15, 0.2) is 0 Å². The molecule has 0 bridgehead atoms. The Balaban J connectivity index is 2.12. The number of rotatable bonds is 6. The van der Waals surface area contributed by atoms with Crippen LogP contribution in [0.2, 0.25) is 0 Å². The number of carbonyl (C=O) groups excluding carboxylic acids is 1. The summed E-state index contributed by atoms with van der Waals surface area (Å²) in [6.07, 6.45) is -1.72. The maximum Gasteiger partial charge on any atom is 0.401 e. The van der Waals surface area contributed by atoms with Gasteiger partial charge in [0, 0.05) is 6.54 Å². The number of aliphatic carboxylic acids is 1. The van der Waals surface area contributed by atoms with Crippen molar-refractivity contribution in [2.24, 2.45) is 11.8 Å². The molecular formula is C12H19F3N2O3. The van der Waals surface area contributed by atoms with Gasteiger partial charge in [-0.2, -0.15) is 13.2 Å². The Labute approximate surface area is 114 Å². The summed E-state index contributed by atoms with van der Waals surface area (Å²) in [7, 11) is 0. The molecule has 116 valence electrons. The van der Waals surface area contributed by atoms with Crippen LogP contribution in [0.25, 0.3) is 0 Å². The Bertz CT molecular complexity index is 339. The van der Waals surface area contributed by atoms with Gasteiger partial charge in [0.05, 0.1) is 19.0 Å². The van der Waals surface area contributed by atoms with Gasteiger partial charge in [-0.25, -0.2) is 0 Å².